The molecule has 0 amide bonds. The topological polar surface area (TPSA) is 60.2 Å². The standard InChI is InChI=1S/C23H20ClN3O2S/c1-29-20-9-5-8-17(14-20)22-25-26-23(27(22)19-12-10-18(24)11-13-19)30-15-21(28)16-6-3-2-4-7-16/h2-14,21,28H,15H2,1H3. The summed E-state index contributed by atoms with van der Waals surface area (Å²) in [7, 11) is 1.63. The summed E-state index contributed by atoms with van der Waals surface area (Å²) in [4.78, 5) is 0. The average molecular weight is 438 g/mol. The molecule has 1 unspecified atom stereocenters. The van der Waals surface area contributed by atoms with E-state index in [0.29, 0.717) is 21.8 Å². The molecular weight excluding hydrogens is 418 g/mol. The first kappa shape index (κ1) is 20.5. The second kappa shape index (κ2) is 9.34. The molecule has 152 valence electrons. The van der Waals surface area contributed by atoms with Crippen molar-refractivity contribution < 1.29 is 9.84 Å². The number of methoxy groups -OCH3 is 1. The van der Waals surface area contributed by atoms with Crippen molar-refractivity contribution in [1.82, 2.24) is 14.8 Å². The van der Waals surface area contributed by atoms with Crippen LogP contribution in [0.3, 0.4) is 0 Å². The van der Waals surface area contributed by atoms with Crippen molar-refractivity contribution in [3.05, 3.63) is 89.4 Å². The number of ether oxygens (including phenoxy) is 1. The predicted molar refractivity (Wildman–Crippen MR) is 120 cm³/mol. The van der Waals surface area contributed by atoms with Crippen molar-refractivity contribution in [1.29, 1.82) is 0 Å². The lowest BCUT2D eigenvalue weighted by molar-refractivity contribution is 0.204. The quantitative estimate of drug-likeness (QED) is 0.391. The third-order valence-corrected chi connectivity index (χ3v) is 5.86. The number of aliphatic hydroxyl groups excluding tert-OH is 1. The van der Waals surface area contributed by atoms with Gasteiger partial charge in [0.15, 0.2) is 11.0 Å². The maximum absolute atomic E-state index is 10.6. The second-order valence-electron chi connectivity index (χ2n) is 6.59. The molecule has 0 bridgehead atoms. The van der Waals surface area contributed by atoms with Crippen LogP contribution in [-0.4, -0.2) is 32.7 Å². The van der Waals surface area contributed by atoms with Gasteiger partial charge in [-0.1, -0.05) is 65.8 Å². The number of halogens is 1. The Morgan fingerprint density at radius 2 is 1.77 bits per heavy atom. The molecule has 0 radical (unpaired) electrons. The Morgan fingerprint density at radius 3 is 2.50 bits per heavy atom. The molecule has 1 aromatic heterocycles. The van der Waals surface area contributed by atoms with Crippen LogP contribution in [0.1, 0.15) is 11.7 Å². The zero-order chi connectivity index (χ0) is 20.9. The minimum absolute atomic E-state index is 0.452. The summed E-state index contributed by atoms with van der Waals surface area (Å²) in [6.07, 6.45) is -0.605. The summed E-state index contributed by atoms with van der Waals surface area (Å²) >= 11 is 7.53. The lowest BCUT2D eigenvalue weighted by Crippen LogP contribution is -2.03. The lowest BCUT2D eigenvalue weighted by atomic mass is 10.1. The van der Waals surface area contributed by atoms with Crippen molar-refractivity contribution in [3.8, 4) is 22.8 Å². The highest BCUT2D eigenvalue weighted by Crippen LogP contribution is 2.31. The minimum Gasteiger partial charge on any atom is -0.497 e. The van der Waals surface area contributed by atoms with Crippen LogP contribution >= 0.6 is 23.4 Å². The van der Waals surface area contributed by atoms with E-state index in [0.717, 1.165) is 22.6 Å². The van der Waals surface area contributed by atoms with E-state index >= 15 is 0 Å². The van der Waals surface area contributed by atoms with Crippen molar-refractivity contribution in [2.45, 2.75) is 11.3 Å². The van der Waals surface area contributed by atoms with Gasteiger partial charge in [-0.05, 0) is 42.0 Å². The Balaban J connectivity index is 1.69. The van der Waals surface area contributed by atoms with Crippen molar-refractivity contribution >= 4 is 23.4 Å². The normalized spacial score (nSPS) is 12.0. The predicted octanol–water partition coefficient (Wildman–Crippen LogP) is 5.42. The van der Waals surface area contributed by atoms with Crippen LogP contribution in [0.25, 0.3) is 17.1 Å². The molecule has 4 rings (SSSR count). The molecule has 3 aromatic carbocycles. The van der Waals surface area contributed by atoms with Gasteiger partial charge < -0.3 is 9.84 Å². The van der Waals surface area contributed by atoms with E-state index < -0.39 is 6.10 Å². The van der Waals surface area contributed by atoms with E-state index in [-0.39, 0.29) is 0 Å². The highest BCUT2D eigenvalue weighted by atomic mass is 35.5. The highest BCUT2D eigenvalue weighted by Gasteiger charge is 2.18. The molecule has 0 aliphatic carbocycles. The van der Waals surface area contributed by atoms with Gasteiger partial charge in [0, 0.05) is 22.0 Å². The molecular formula is C23H20ClN3O2S. The minimum atomic E-state index is -0.605. The summed E-state index contributed by atoms with van der Waals surface area (Å²) in [6.45, 7) is 0. The molecule has 0 saturated heterocycles. The van der Waals surface area contributed by atoms with Gasteiger partial charge in [-0.2, -0.15) is 0 Å². The molecule has 0 fully saturated rings. The van der Waals surface area contributed by atoms with Crippen LogP contribution in [0.2, 0.25) is 5.02 Å². The van der Waals surface area contributed by atoms with Gasteiger partial charge in [-0.25, -0.2) is 0 Å². The molecule has 1 atom stereocenters. The molecule has 0 aliphatic rings. The van der Waals surface area contributed by atoms with Gasteiger partial charge in [0.25, 0.3) is 0 Å². The molecule has 0 aliphatic heterocycles. The average Bonchev–Trinajstić information content (AvgIpc) is 3.22. The third-order valence-electron chi connectivity index (χ3n) is 4.60. The number of aromatic nitrogens is 3. The van der Waals surface area contributed by atoms with E-state index in [2.05, 4.69) is 10.2 Å². The van der Waals surface area contributed by atoms with E-state index in [1.165, 1.54) is 11.8 Å². The molecule has 1 heterocycles. The number of thioether (sulfide) groups is 1. The smallest absolute Gasteiger partial charge is 0.196 e. The van der Waals surface area contributed by atoms with Gasteiger partial charge in [-0.15, -0.1) is 10.2 Å². The third kappa shape index (κ3) is 4.51. The Labute approximate surface area is 184 Å². The largest absolute Gasteiger partial charge is 0.497 e. The fourth-order valence-corrected chi connectivity index (χ4v) is 4.11. The molecule has 1 N–H and O–H groups in total. The number of nitrogens with zero attached hydrogens (tertiary/aromatic N) is 3. The number of hydrogen-bond donors (Lipinski definition) is 1. The van der Waals surface area contributed by atoms with Crippen LogP contribution in [0.4, 0.5) is 0 Å². The Morgan fingerprint density at radius 1 is 1.00 bits per heavy atom. The number of aliphatic hydroxyl groups is 1. The first-order valence-electron chi connectivity index (χ1n) is 9.37. The van der Waals surface area contributed by atoms with Gasteiger partial charge in [0.2, 0.25) is 0 Å². The molecule has 0 spiro atoms. The van der Waals surface area contributed by atoms with E-state index in [4.69, 9.17) is 16.3 Å². The number of rotatable bonds is 7. The summed E-state index contributed by atoms with van der Waals surface area (Å²) < 4.78 is 7.33. The van der Waals surface area contributed by atoms with Crippen LogP contribution in [0, 0.1) is 0 Å². The van der Waals surface area contributed by atoms with E-state index in [1.54, 1.807) is 7.11 Å². The first-order valence-corrected chi connectivity index (χ1v) is 10.7. The maximum Gasteiger partial charge on any atom is 0.196 e. The fourth-order valence-electron chi connectivity index (χ4n) is 3.06. The van der Waals surface area contributed by atoms with Crippen molar-refractivity contribution in [2.24, 2.45) is 0 Å². The van der Waals surface area contributed by atoms with Crippen molar-refractivity contribution in [2.75, 3.05) is 12.9 Å². The van der Waals surface area contributed by atoms with Gasteiger partial charge in [-0.3, -0.25) is 4.57 Å². The van der Waals surface area contributed by atoms with Crippen LogP contribution in [-0.2, 0) is 0 Å². The van der Waals surface area contributed by atoms with Crippen molar-refractivity contribution in [3.63, 3.8) is 0 Å². The molecule has 30 heavy (non-hydrogen) atoms. The van der Waals surface area contributed by atoms with Gasteiger partial charge in [0.1, 0.15) is 5.75 Å². The SMILES string of the molecule is COc1cccc(-c2nnc(SCC(O)c3ccccc3)n2-c2ccc(Cl)cc2)c1. The summed E-state index contributed by atoms with van der Waals surface area (Å²) in [6, 6.07) is 24.8. The molecule has 7 heteroatoms. The highest BCUT2D eigenvalue weighted by molar-refractivity contribution is 7.99. The molecule has 0 saturated carbocycles. The number of hydrogen-bond acceptors (Lipinski definition) is 5. The Hall–Kier alpha value is -2.80. The number of benzene rings is 3. The molecule has 4 aromatic rings. The summed E-state index contributed by atoms with van der Waals surface area (Å²) in [5.41, 5.74) is 2.64. The monoisotopic (exact) mass is 437 g/mol. The first-order chi connectivity index (χ1) is 14.7. The van der Waals surface area contributed by atoms with Crippen LogP contribution < -0.4 is 4.74 Å². The van der Waals surface area contributed by atoms with Gasteiger partial charge in [0.05, 0.1) is 13.2 Å². The Kier molecular flexibility index (Phi) is 6.38. The second-order valence-corrected chi connectivity index (χ2v) is 8.01. The van der Waals surface area contributed by atoms with Gasteiger partial charge >= 0.3 is 0 Å². The van der Waals surface area contributed by atoms with Crippen LogP contribution in [0.15, 0.2) is 84.0 Å². The lowest BCUT2D eigenvalue weighted by Gasteiger charge is -2.13. The summed E-state index contributed by atoms with van der Waals surface area (Å²) in [5.74, 6) is 1.88. The fraction of sp³-hybridized carbons (Fsp3) is 0.130. The molecule has 5 nitrogen and oxygen atoms in total. The zero-order valence-corrected chi connectivity index (χ0v) is 17.8. The Bertz CT molecular complexity index is 1120. The zero-order valence-electron chi connectivity index (χ0n) is 16.3. The summed E-state index contributed by atoms with van der Waals surface area (Å²) in [5, 5.41) is 20.7. The van der Waals surface area contributed by atoms with E-state index in [9.17, 15) is 5.11 Å². The maximum atomic E-state index is 10.6. The van der Waals surface area contributed by atoms with Crippen LogP contribution in [0.5, 0.6) is 5.75 Å². The van der Waals surface area contributed by atoms with E-state index in [1.807, 2.05) is 83.4 Å².